The van der Waals surface area contributed by atoms with E-state index in [1.165, 1.54) is 12.1 Å². The first-order chi connectivity index (χ1) is 9.00. The molecule has 1 amide bonds. The Bertz CT molecular complexity index is 614. The first kappa shape index (κ1) is 16.7. The van der Waals surface area contributed by atoms with Gasteiger partial charge in [-0.15, -0.1) is 0 Å². The molecule has 0 unspecified atom stereocenters. The van der Waals surface area contributed by atoms with Crippen LogP contribution >= 0.6 is 11.6 Å². The molecule has 0 saturated carbocycles. The summed E-state index contributed by atoms with van der Waals surface area (Å²) in [6, 6.07) is 4.59. The van der Waals surface area contributed by atoms with Gasteiger partial charge in [0, 0.05) is 22.8 Å². The fraction of sp³-hybridized carbons (Fsp3) is 0.417. The van der Waals surface area contributed by atoms with E-state index in [0.717, 1.165) is 6.26 Å². The smallest absolute Gasteiger partial charge is 0.253 e. The largest absolute Gasteiger partial charge is 0.398 e. The molecule has 0 radical (unpaired) electrons. The summed E-state index contributed by atoms with van der Waals surface area (Å²) in [4.78, 5) is 12.0. The quantitative estimate of drug-likeness (QED) is 0.704. The second kappa shape index (κ2) is 5.99. The molecule has 112 valence electrons. The van der Waals surface area contributed by atoms with Crippen molar-refractivity contribution in [2.24, 2.45) is 0 Å². The Morgan fingerprint density at radius 3 is 2.55 bits per heavy atom. The molecule has 1 aromatic carbocycles. The van der Waals surface area contributed by atoms with Crippen LogP contribution in [-0.2, 0) is 10.0 Å². The van der Waals surface area contributed by atoms with Gasteiger partial charge in [-0.05, 0) is 32.0 Å². The third-order valence-corrected chi connectivity index (χ3v) is 3.57. The van der Waals surface area contributed by atoms with Gasteiger partial charge in [0.05, 0.1) is 11.8 Å². The highest BCUT2D eigenvalue weighted by atomic mass is 35.5. The van der Waals surface area contributed by atoms with Crippen LogP contribution in [0.25, 0.3) is 0 Å². The Morgan fingerprint density at radius 2 is 2.00 bits per heavy atom. The lowest BCUT2D eigenvalue weighted by Gasteiger charge is -2.25. The van der Waals surface area contributed by atoms with E-state index in [9.17, 15) is 13.2 Å². The molecule has 0 aromatic heterocycles. The molecule has 0 heterocycles. The first-order valence-electron chi connectivity index (χ1n) is 5.82. The molecule has 0 atom stereocenters. The van der Waals surface area contributed by atoms with Crippen molar-refractivity contribution in [1.29, 1.82) is 0 Å². The molecule has 0 fully saturated rings. The molecule has 0 bridgehead atoms. The van der Waals surface area contributed by atoms with E-state index in [4.69, 9.17) is 17.3 Å². The fourth-order valence-corrected chi connectivity index (χ4v) is 2.91. The standard InChI is InChI=1S/C12H18ClN3O3S/c1-12(2,16-20(3,18)19)7-15-11(17)9-6-8(13)4-5-10(9)14/h4-6,16H,7,14H2,1-3H3,(H,15,17). The number of halogens is 1. The third-order valence-electron chi connectivity index (χ3n) is 2.41. The number of carbonyl (C=O) groups is 1. The lowest BCUT2D eigenvalue weighted by molar-refractivity contribution is 0.0945. The van der Waals surface area contributed by atoms with Crippen molar-refractivity contribution in [3.8, 4) is 0 Å². The SMILES string of the molecule is CC(C)(CNC(=O)c1cc(Cl)ccc1N)NS(C)(=O)=O. The van der Waals surface area contributed by atoms with Crippen molar-refractivity contribution in [2.45, 2.75) is 19.4 Å². The van der Waals surface area contributed by atoms with Gasteiger partial charge in [0.25, 0.3) is 5.91 Å². The lowest BCUT2D eigenvalue weighted by Crippen LogP contribution is -2.51. The van der Waals surface area contributed by atoms with Crippen LogP contribution in [0.15, 0.2) is 18.2 Å². The van der Waals surface area contributed by atoms with Gasteiger partial charge in [-0.25, -0.2) is 13.1 Å². The summed E-state index contributed by atoms with van der Waals surface area (Å²) in [5, 5.41) is 3.03. The summed E-state index contributed by atoms with van der Waals surface area (Å²) in [5.41, 5.74) is 5.45. The minimum absolute atomic E-state index is 0.116. The Labute approximate surface area is 123 Å². The molecule has 0 aliphatic rings. The number of hydrogen-bond donors (Lipinski definition) is 3. The molecular formula is C12H18ClN3O3S. The first-order valence-corrected chi connectivity index (χ1v) is 8.09. The van der Waals surface area contributed by atoms with Crippen LogP contribution < -0.4 is 15.8 Å². The molecule has 20 heavy (non-hydrogen) atoms. The third kappa shape index (κ3) is 5.36. The highest BCUT2D eigenvalue weighted by Crippen LogP contribution is 2.17. The van der Waals surface area contributed by atoms with E-state index in [1.807, 2.05) is 0 Å². The van der Waals surface area contributed by atoms with Crippen LogP contribution in [-0.4, -0.2) is 32.7 Å². The summed E-state index contributed by atoms with van der Waals surface area (Å²) in [6.45, 7) is 3.44. The van der Waals surface area contributed by atoms with Gasteiger partial charge in [-0.1, -0.05) is 11.6 Å². The van der Waals surface area contributed by atoms with E-state index in [2.05, 4.69) is 10.0 Å². The molecule has 6 nitrogen and oxygen atoms in total. The maximum atomic E-state index is 12.0. The topological polar surface area (TPSA) is 101 Å². The predicted molar refractivity (Wildman–Crippen MR) is 80.3 cm³/mol. The number of amides is 1. The van der Waals surface area contributed by atoms with Gasteiger partial charge >= 0.3 is 0 Å². The summed E-state index contributed by atoms with van der Waals surface area (Å²) >= 11 is 5.81. The van der Waals surface area contributed by atoms with Gasteiger partial charge in [0.1, 0.15) is 0 Å². The normalized spacial score (nSPS) is 12.2. The van der Waals surface area contributed by atoms with Crippen LogP contribution in [0.4, 0.5) is 5.69 Å². The molecule has 0 aliphatic carbocycles. The van der Waals surface area contributed by atoms with E-state index >= 15 is 0 Å². The van der Waals surface area contributed by atoms with Crippen molar-refractivity contribution < 1.29 is 13.2 Å². The van der Waals surface area contributed by atoms with Crippen molar-refractivity contribution >= 4 is 33.2 Å². The summed E-state index contributed by atoms with van der Waals surface area (Å²) < 4.78 is 24.8. The molecule has 8 heteroatoms. The average Bonchev–Trinajstić information content (AvgIpc) is 2.26. The number of hydrogen-bond acceptors (Lipinski definition) is 4. The van der Waals surface area contributed by atoms with E-state index in [-0.39, 0.29) is 12.1 Å². The molecule has 0 aliphatic heterocycles. The van der Waals surface area contributed by atoms with Gasteiger partial charge in [0.2, 0.25) is 10.0 Å². The van der Waals surface area contributed by atoms with Crippen molar-refractivity contribution in [1.82, 2.24) is 10.0 Å². The Kier molecular flexibility index (Phi) is 5.01. The van der Waals surface area contributed by atoms with Gasteiger partial charge in [-0.3, -0.25) is 4.79 Å². The van der Waals surface area contributed by atoms with Crippen LogP contribution in [0, 0.1) is 0 Å². The average molecular weight is 320 g/mol. The van der Waals surface area contributed by atoms with E-state index in [0.29, 0.717) is 10.7 Å². The predicted octanol–water partition coefficient (Wildman–Crippen LogP) is 0.980. The number of nitrogens with one attached hydrogen (secondary N) is 2. The van der Waals surface area contributed by atoms with Crippen molar-refractivity contribution in [2.75, 3.05) is 18.5 Å². The highest BCUT2D eigenvalue weighted by molar-refractivity contribution is 7.88. The Balaban J connectivity index is 2.75. The lowest BCUT2D eigenvalue weighted by atomic mass is 10.1. The zero-order valence-electron chi connectivity index (χ0n) is 11.5. The van der Waals surface area contributed by atoms with E-state index in [1.54, 1.807) is 19.9 Å². The number of carbonyl (C=O) groups excluding carboxylic acids is 1. The zero-order chi connectivity index (χ0) is 15.6. The molecular weight excluding hydrogens is 302 g/mol. The minimum atomic E-state index is -3.36. The minimum Gasteiger partial charge on any atom is -0.398 e. The van der Waals surface area contributed by atoms with Crippen LogP contribution in [0.1, 0.15) is 24.2 Å². The monoisotopic (exact) mass is 319 g/mol. The molecule has 0 spiro atoms. The van der Waals surface area contributed by atoms with Crippen molar-refractivity contribution in [3.05, 3.63) is 28.8 Å². The van der Waals surface area contributed by atoms with Crippen LogP contribution in [0.5, 0.6) is 0 Å². The zero-order valence-corrected chi connectivity index (χ0v) is 13.1. The summed E-state index contributed by atoms with van der Waals surface area (Å²) in [5.74, 6) is -0.409. The van der Waals surface area contributed by atoms with E-state index < -0.39 is 21.5 Å². The van der Waals surface area contributed by atoms with Crippen LogP contribution in [0.3, 0.4) is 0 Å². The molecule has 1 rings (SSSR count). The molecule has 4 N–H and O–H groups in total. The number of rotatable bonds is 5. The molecule has 0 saturated heterocycles. The number of nitrogen functional groups attached to an aromatic ring is 1. The number of nitrogens with two attached hydrogens (primary N) is 1. The maximum Gasteiger partial charge on any atom is 0.253 e. The maximum absolute atomic E-state index is 12.0. The van der Waals surface area contributed by atoms with Gasteiger partial charge in [-0.2, -0.15) is 0 Å². The summed E-state index contributed by atoms with van der Waals surface area (Å²) in [6.07, 6.45) is 1.06. The highest BCUT2D eigenvalue weighted by Gasteiger charge is 2.23. The summed E-state index contributed by atoms with van der Waals surface area (Å²) in [7, 11) is -3.36. The number of benzene rings is 1. The second-order valence-corrected chi connectivity index (χ2v) is 7.36. The van der Waals surface area contributed by atoms with Gasteiger partial charge in [0.15, 0.2) is 0 Å². The number of anilines is 1. The number of sulfonamides is 1. The van der Waals surface area contributed by atoms with Gasteiger partial charge < -0.3 is 11.1 Å². The van der Waals surface area contributed by atoms with Crippen LogP contribution in [0.2, 0.25) is 5.02 Å². The van der Waals surface area contributed by atoms with Crippen molar-refractivity contribution in [3.63, 3.8) is 0 Å². The Hall–Kier alpha value is -1.31. The molecule has 1 aromatic rings. The second-order valence-electron chi connectivity index (χ2n) is 5.17. The fourth-order valence-electron chi connectivity index (χ4n) is 1.66. The Morgan fingerprint density at radius 1 is 1.40 bits per heavy atom.